The Morgan fingerprint density at radius 2 is 2.05 bits per heavy atom. The van der Waals surface area contributed by atoms with Crippen molar-refractivity contribution in [2.75, 3.05) is 6.54 Å². The second-order valence-corrected chi connectivity index (χ2v) is 5.92. The van der Waals surface area contributed by atoms with Gasteiger partial charge in [-0.25, -0.2) is 15.0 Å². The zero-order chi connectivity index (χ0) is 14.8. The number of hydrazine groups is 1. The summed E-state index contributed by atoms with van der Waals surface area (Å²) in [4.78, 5) is 24.8. The van der Waals surface area contributed by atoms with Crippen LogP contribution >= 0.6 is 0 Å². The van der Waals surface area contributed by atoms with E-state index in [0.717, 1.165) is 0 Å². The molecule has 0 spiro atoms. The number of halogens is 1. The fraction of sp³-hybridized carbons (Fsp3) is 0.833. The van der Waals surface area contributed by atoms with Crippen molar-refractivity contribution < 1.29 is 18.7 Å². The van der Waals surface area contributed by atoms with Gasteiger partial charge >= 0.3 is 6.09 Å². The topological polar surface area (TPSA) is 84.7 Å². The molecule has 2 atom stereocenters. The summed E-state index contributed by atoms with van der Waals surface area (Å²) in [7, 11) is 0. The minimum atomic E-state index is -2.02. The van der Waals surface area contributed by atoms with Gasteiger partial charge in [0, 0.05) is 25.4 Å². The zero-order valence-electron chi connectivity index (χ0n) is 11.8. The quantitative estimate of drug-likeness (QED) is 0.426. The number of nitrogens with zero attached hydrogens (tertiary/aromatic N) is 1. The predicted octanol–water partition coefficient (Wildman–Crippen LogP) is 1.10. The first-order valence-corrected chi connectivity index (χ1v) is 6.28. The molecular formula is C12H22FN3O3. The maximum Gasteiger partial charge on any atom is 0.410 e. The van der Waals surface area contributed by atoms with Crippen LogP contribution in [0.5, 0.6) is 0 Å². The van der Waals surface area contributed by atoms with Crippen molar-refractivity contribution in [1.29, 1.82) is 0 Å². The molecule has 1 aliphatic rings. The van der Waals surface area contributed by atoms with Gasteiger partial charge in [0.2, 0.25) is 0 Å². The molecule has 6 nitrogen and oxygen atoms in total. The third-order valence-electron chi connectivity index (χ3n) is 3.07. The van der Waals surface area contributed by atoms with Gasteiger partial charge < -0.3 is 9.64 Å². The van der Waals surface area contributed by atoms with Crippen LogP contribution in [0, 0.1) is 0 Å². The molecule has 0 aliphatic carbocycles. The Morgan fingerprint density at radius 1 is 1.47 bits per heavy atom. The highest BCUT2D eigenvalue weighted by atomic mass is 19.1. The Hall–Kier alpha value is -1.37. The number of likely N-dealkylation sites (tertiary alicyclic amines) is 1. The van der Waals surface area contributed by atoms with Gasteiger partial charge in [-0.05, 0) is 27.7 Å². The lowest BCUT2D eigenvalue weighted by Crippen LogP contribution is -2.57. The lowest BCUT2D eigenvalue weighted by atomic mass is 9.88. The van der Waals surface area contributed by atoms with E-state index in [9.17, 15) is 14.0 Å². The van der Waals surface area contributed by atoms with Crippen LogP contribution in [0.15, 0.2) is 0 Å². The van der Waals surface area contributed by atoms with Crippen LogP contribution in [0.25, 0.3) is 0 Å². The fourth-order valence-corrected chi connectivity index (χ4v) is 2.13. The molecule has 0 aromatic rings. The molecule has 1 saturated heterocycles. The van der Waals surface area contributed by atoms with E-state index in [0.29, 0.717) is 0 Å². The number of rotatable bonds is 1. The molecule has 1 fully saturated rings. The Bertz CT molecular complexity index is 370. The zero-order valence-corrected chi connectivity index (χ0v) is 11.8. The van der Waals surface area contributed by atoms with Gasteiger partial charge in [0.25, 0.3) is 5.91 Å². The number of nitrogens with one attached hydrogen (secondary N) is 1. The van der Waals surface area contributed by atoms with Crippen LogP contribution in [0.4, 0.5) is 9.18 Å². The maximum absolute atomic E-state index is 14.3. The molecule has 0 bridgehead atoms. The van der Waals surface area contributed by atoms with Gasteiger partial charge in [0.1, 0.15) is 5.60 Å². The summed E-state index contributed by atoms with van der Waals surface area (Å²) in [6.45, 7) is 7.10. The molecule has 1 aliphatic heterocycles. The number of hydrogen-bond donors (Lipinski definition) is 2. The van der Waals surface area contributed by atoms with E-state index in [-0.39, 0.29) is 19.4 Å². The fourth-order valence-electron chi connectivity index (χ4n) is 2.13. The molecular weight excluding hydrogens is 253 g/mol. The number of carbonyl (C=O) groups excluding carboxylic acids is 2. The van der Waals surface area contributed by atoms with Gasteiger partial charge in [0.05, 0.1) is 0 Å². The number of nitrogens with two attached hydrogens (primary N) is 1. The smallest absolute Gasteiger partial charge is 0.410 e. The Morgan fingerprint density at radius 3 is 2.47 bits per heavy atom. The van der Waals surface area contributed by atoms with E-state index in [1.54, 1.807) is 27.7 Å². The summed E-state index contributed by atoms with van der Waals surface area (Å²) in [5, 5.41) is 0. The van der Waals surface area contributed by atoms with Gasteiger partial charge in [-0.3, -0.25) is 10.2 Å². The third kappa shape index (κ3) is 3.79. The van der Waals surface area contributed by atoms with Crippen LogP contribution < -0.4 is 11.3 Å². The molecule has 0 unspecified atom stereocenters. The molecule has 7 heteroatoms. The molecule has 2 amide bonds. The third-order valence-corrected chi connectivity index (χ3v) is 3.07. The molecule has 110 valence electrons. The molecule has 3 N–H and O–H groups in total. The predicted molar refractivity (Wildman–Crippen MR) is 67.8 cm³/mol. The van der Waals surface area contributed by atoms with Crippen LogP contribution in [0.1, 0.15) is 40.5 Å². The van der Waals surface area contributed by atoms with Gasteiger partial charge in [-0.15, -0.1) is 0 Å². The van der Waals surface area contributed by atoms with Gasteiger partial charge in [-0.1, -0.05) is 0 Å². The summed E-state index contributed by atoms with van der Waals surface area (Å²) in [6.07, 6.45) is -0.662. The highest BCUT2D eigenvalue weighted by molar-refractivity contribution is 5.85. The highest BCUT2D eigenvalue weighted by Gasteiger charge is 2.46. The van der Waals surface area contributed by atoms with Crippen LogP contribution in [-0.2, 0) is 9.53 Å². The molecule has 0 aromatic carbocycles. The summed E-state index contributed by atoms with van der Waals surface area (Å²) >= 11 is 0. The van der Waals surface area contributed by atoms with Crippen molar-refractivity contribution in [3.63, 3.8) is 0 Å². The number of carbonyl (C=O) groups is 2. The van der Waals surface area contributed by atoms with Crippen molar-refractivity contribution in [2.24, 2.45) is 5.84 Å². The molecule has 0 radical (unpaired) electrons. The molecule has 19 heavy (non-hydrogen) atoms. The standard InChI is InChI=1S/C12H22FN3O3/c1-8-7-12(13,9(17)15-14)5-6-16(8)10(18)19-11(2,3)4/h8H,5-7,14H2,1-4H3,(H,15,17)/t8-,12+/m1/s1. The number of amides is 2. The van der Waals surface area contributed by atoms with Crippen molar-refractivity contribution in [3.05, 3.63) is 0 Å². The average molecular weight is 275 g/mol. The highest BCUT2D eigenvalue weighted by Crippen LogP contribution is 2.31. The summed E-state index contributed by atoms with van der Waals surface area (Å²) in [5.74, 6) is 4.12. The summed E-state index contributed by atoms with van der Waals surface area (Å²) in [5.41, 5.74) is -0.793. The second kappa shape index (κ2) is 5.32. The second-order valence-electron chi connectivity index (χ2n) is 5.92. The number of hydrogen-bond acceptors (Lipinski definition) is 4. The van der Waals surface area contributed by atoms with Crippen LogP contribution in [0.2, 0.25) is 0 Å². The molecule has 0 saturated carbocycles. The van der Waals surface area contributed by atoms with E-state index in [1.807, 2.05) is 5.43 Å². The lowest BCUT2D eigenvalue weighted by molar-refractivity contribution is -0.137. The van der Waals surface area contributed by atoms with E-state index < -0.39 is 29.3 Å². The van der Waals surface area contributed by atoms with Crippen LogP contribution in [0.3, 0.4) is 0 Å². The van der Waals surface area contributed by atoms with E-state index in [1.165, 1.54) is 4.90 Å². The molecule has 0 aromatic heterocycles. The van der Waals surface area contributed by atoms with Gasteiger partial charge in [0.15, 0.2) is 5.67 Å². The Kier molecular flexibility index (Phi) is 4.39. The largest absolute Gasteiger partial charge is 0.444 e. The first-order chi connectivity index (χ1) is 8.59. The molecule has 1 rings (SSSR count). The number of alkyl halides is 1. The van der Waals surface area contributed by atoms with Gasteiger partial charge in [-0.2, -0.15) is 0 Å². The average Bonchev–Trinajstić information content (AvgIpc) is 2.25. The Labute approximate surface area is 112 Å². The summed E-state index contributed by atoms with van der Waals surface area (Å²) in [6, 6.07) is -0.425. The summed E-state index contributed by atoms with van der Waals surface area (Å²) < 4.78 is 19.6. The van der Waals surface area contributed by atoms with E-state index in [2.05, 4.69) is 0 Å². The number of ether oxygens (including phenoxy) is 1. The molecule has 1 heterocycles. The lowest BCUT2D eigenvalue weighted by Gasteiger charge is -2.40. The minimum Gasteiger partial charge on any atom is -0.444 e. The first-order valence-electron chi connectivity index (χ1n) is 6.28. The normalized spacial score (nSPS) is 27.9. The minimum absolute atomic E-state index is 0.0837. The van der Waals surface area contributed by atoms with Crippen molar-refractivity contribution >= 4 is 12.0 Å². The van der Waals surface area contributed by atoms with Crippen molar-refractivity contribution in [1.82, 2.24) is 10.3 Å². The van der Waals surface area contributed by atoms with Crippen molar-refractivity contribution in [2.45, 2.75) is 57.8 Å². The first kappa shape index (κ1) is 15.7. The van der Waals surface area contributed by atoms with Crippen LogP contribution in [-0.4, -0.2) is 40.8 Å². The SMILES string of the molecule is C[C@@H]1C[C@](F)(C(=O)NN)CCN1C(=O)OC(C)(C)C. The van der Waals surface area contributed by atoms with Crippen molar-refractivity contribution in [3.8, 4) is 0 Å². The maximum atomic E-state index is 14.3. The number of piperidine rings is 1. The Balaban J connectivity index is 2.70. The van der Waals surface area contributed by atoms with E-state index in [4.69, 9.17) is 10.6 Å². The van der Waals surface area contributed by atoms with E-state index >= 15 is 0 Å². The monoisotopic (exact) mass is 275 g/mol.